The van der Waals surface area contributed by atoms with Crippen LogP contribution >= 0.6 is 0 Å². The highest BCUT2D eigenvalue weighted by Gasteiger charge is 2.49. The summed E-state index contributed by atoms with van der Waals surface area (Å²) >= 11 is 0. The van der Waals surface area contributed by atoms with Crippen molar-refractivity contribution in [3.63, 3.8) is 0 Å². The zero-order valence-electron chi connectivity index (χ0n) is 20.6. The Hall–Kier alpha value is -2.95. The number of nitrogens with zero attached hydrogens (tertiary/aromatic N) is 4. The van der Waals surface area contributed by atoms with E-state index in [4.69, 9.17) is 9.47 Å². The monoisotopic (exact) mass is 486 g/mol. The van der Waals surface area contributed by atoms with Gasteiger partial charge in [0.15, 0.2) is 17.6 Å². The molecule has 0 radical (unpaired) electrons. The van der Waals surface area contributed by atoms with Gasteiger partial charge in [0.25, 0.3) is 5.91 Å². The average molecular weight is 487 g/mol. The molecule has 0 spiro atoms. The number of hydrogen-bond acceptors (Lipinski definition) is 9. The van der Waals surface area contributed by atoms with Crippen molar-refractivity contribution in [2.75, 3.05) is 44.8 Å². The zero-order chi connectivity index (χ0) is 25.3. The van der Waals surface area contributed by atoms with Crippen molar-refractivity contribution in [3.8, 4) is 11.5 Å². The summed E-state index contributed by atoms with van der Waals surface area (Å²) < 4.78 is 11.8. The van der Waals surface area contributed by atoms with Crippen LogP contribution in [0.5, 0.6) is 11.5 Å². The van der Waals surface area contributed by atoms with Crippen LogP contribution in [0.4, 0.5) is 5.95 Å². The second-order valence-electron chi connectivity index (χ2n) is 9.77. The lowest BCUT2D eigenvalue weighted by Crippen LogP contribution is -2.54. The second-order valence-corrected chi connectivity index (χ2v) is 9.77. The molecule has 1 aromatic carbocycles. The third-order valence-electron chi connectivity index (χ3n) is 7.24. The minimum absolute atomic E-state index is 0.0615. The van der Waals surface area contributed by atoms with Gasteiger partial charge in [-0.15, -0.1) is 0 Å². The molecule has 0 bridgehead atoms. The molecule has 0 unspecified atom stereocenters. The number of methoxy groups -OCH3 is 1. The van der Waals surface area contributed by atoms with Gasteiger partial charge in [-0.1, -0.05) is 13.0 Å². The minimum Gasteiger partial charge on any atom is -0.493 e. The number of benzene rings is 1. The van der Waals surface area contributed by atoms with Crippen LogP contribution in [-0.4, -0.2) is 94.3 Å². The first-order chi connectivity index (χ1) is 16.7. The van der Waals surface area contributed by atoms with Crippen LogP contribution in [-0.2, 0) is 4.79 Å². The first-order valence-corrected chi connectivity index (χ1v) is 11.8. The lowest BCUT2D eigenvalue weighted by Gasteiger charge is -2.39. The summed E-state index contributed by atoms with van der Waals surface area (Å²) in [6.45, 7) is 6.81. The van der Waals surface area contributed by atoms with Crippen LogP contribution in [0.25, 0.3) is 0 Å². The fourth-order valence-electron chi connectivity index (χ4n) is 4.79. The molecule has 2 aliphatic heterocycles. The Morgan fingerprint density at radius 3 is 2.49 bits per heavy atom. The van der Waals surface area contributed by atoms with Crippen LogP contribution in [0.1, 0.15) is 30.9 Å². The Morgan fingerprint density at radius 2 is 1.89 bits per heavy atom. The van der Waals surface area contributed by atoms with Gasteiger partial charge in [0.05, 0.1) is 32.9 Å². The normalized spacial score (nSPS) is 24.1. The molecule has 2 aliphatic rings. The molecule has 2 saturated heterocycles. The molecule has 0 aliphatic carbocycles. The van der Waals surface area contributed by atoms with Gasteiger partial charge in [-0.25, -0.2) is 9.97 Å². The predicted molar refractivity (Wildman–Crippen MR) is 129 cm³/mol. The first-order valence-electron chi connectivity index (χ1n) is 11.8. The number of likely N-dealkylation sites (tertiary alicyclic amines) is 1. The molecule has 1 aromatic heterocycles. The zero-order valence-corrected chi connectivity index (χ0v) is 20.6. The lowest BCUT2D eigenvalue weighted by atomic mass is 9.72. The van der Waals surface area contributed by atoms with E-state index in [1.54, 1.807) is 26.4 Å². The SMILES string of the molecule is COc1ccc([C@@H]2CN(C(=O)[C@@H](O)CO)C[C@@]2(C)[C@@H](C)O)cc1OC1CN(c2ncc(C)cn2)C1. The van der Waals surface area contributed by atoms with E-state index in [-0.39, 0.29) is 18.6 Å². The molecular weight excluding hydrogens is 452 g/mol. The summed E-state index contributed by atoms with van der Waals surface area (Å²) in [5.41, 5.74) is 1.26. The summed E-state index contributed by atoms with van der Waals surface area (Å²) in [5.74, 6) is 1.11. The molecule has 4 rings (SSSR count). The molecule has 3 heterocycles. The van der Waals surface area contributed by atoms with Gasteiger partial charge < -0.3 is 34.6 Å². The molecule has 4 atom stereocenters. The van der Waals surface area contributed by atoms with Gasteiger partial charge in [-0.05, 0) is 37.1 Å². The number of carbonyl (C=O) groups is 1. The summed E-state index contributed by atoms with van der Waals surface area (Å²) in [7, 11) is 1.58. The van der Waals surface area contributed by atoms with Gasteiger partial charge in [-0.2, -0.15) is 0 Å². The predicted octanol–water partition coefficient (Wildman–Crippen LogP) is 0.727. The quantitative estimate of drug-likeness (QED) is 0.495. The molecule has 10 nitrogen and oxygen atoms in total. The van der Waals surface area contributed by atoms with Crippen molar-refractivity contribution < 1.29 is 29.6 Å². The number of hydrogen-bond donors (Lipinski definition) is 3. The maximum atomic E-state index is 12.6. The standard InChI is InChI=1S/C25H34N4O6/c1-15-8-26-24(27-9-15)28-10-18(11-28)35-22-7-17(5-6-21(22)34-4)19-12-29(23(33)20(32)13-30)14-25(19,3)16(2)31/h5-9,16,18-20,30-32H,10-14H2,1-4H3/t16-,19+,20+,25+/m1/s1. The van der Waals surface area contributed by atoms with Gasteiger partial charge >= 0.3 is 0 Å². The third kappa shape index (κ3) is 4.91. The molecule has 0 saturated carbocycles. The topological polar surface area (TPSA) is 128 Å². The van der Waals surface area contributed by atoms with Crippen molar-refractivity contribution >= 4 is 11.9 Å². The summed E-state index contributed by atoms with van der Waals surface area (Å²) in [6, 6.07) is 5.66. The van der Waals surface area contributed by atoms with E-state index in [9.17, 15) is 20.1 Å². The van der Waals surface area contributed by atoms with Crippen LogP contribution in [0.15, 0.2) is 30.6 Å². The Morgan fingerprint density at radius 1 is 1.20 bits per heavy atom. The Kier molecular flexibility index (Phi) is 7.16. The fraction of sp³-hybridized carbons (Fsp3) is 0.560. The molecule has 190 valence electrons. The smallest absolute Gasteiger partial charge is 0.253 e. The van der Waals surface area contributed by atoms with Gasteiger partial charge in [0, 0.05) is 36.8 Å². The van der Waals surface area contributed by atoms with E-state index >= 15 is 0 Å². The second kappa shape index (κ2) is 9.96. The number of rotatable bonds is 8. The van der Waals surface area contributed by atoms with Gasteiger partial charge in [-0.3, -0.25) is 4.79 Å². The minimum atomic E-state index is -1.47. The highest BCUT2D eigenvalue weighted by atomic mass is 16.5. The summed E-state index contributed by atoms with van der Waals surface area (Å²) in [5, 5.41) is 29.7. The molecule has 10 heteroatoms. The number of aryl methyl sites for hydroxylation is 1. The fourth-order valence-corrected chi connectivity index (χ4v) is 4.79. The van der Waals surface area contributed by atoms with Gasteiger partial charge in [0.2, 0.25) is 5.95 Å². The third-order valence-corrected chi connectivity index (χ3v) is 7.24. The van der Waals surface area contributed by atoms with Crippen molar-refractivity contribution in [1.82, 2.24) is 14.9 Å². The molecular formula is C25H34N4O6. The maximum Gasteiger partial charge on any atom is 0.253 e. The number of aliphatic hydroxyl groups is 3. The first kappa shape index (κ1) is 25.2. The molecule has 35 heavy (non-hydrogen) atoms. The number of aromatic nitrogens is 2. The van der Waals surface area contributed by atoms with Crippen LogP contribution in [0.3, 0.4) is 0 Å². The van der Waals surface area contributed by atoms with E-state index in [1.165, 1.54) is 4.90 Å². The van der Waals surface area contributed by atoms with Crippen molar-refractivity contribution in [3.05, 3.63) is 41.7 Å². The van der Waals surface area contributed by atoms with Gasteiger partial charge in [0.1, 0.15) is 6.10 Å². The van der Waals surface area contributed by atoms with Crippen LogP contribution < -0.4 is 14.4 Å². The average Bonchev–Trinajstić information content (AvgIpc) is 3.19. The van der Waals surface area contributed by atoms with E-state index in [2.05, 4.69) is 9.97 Å². The number of carbonyl (C=O) groups excluding carboxylic acids is 1. The van der Waals surface area contributed by atoms with Crippen molar-refractivity contribution in [1.29, 1.82) is 0 Å². The summed E-state index contributed by atoms with van der Waals surface area (Å²) in [4.78, 5) is 24.8. The number of anilines is 1. The molecule has 2 fully saturated rings. The number of aliphatic hydroxyl groups excluding tert-OH is 3. The van der Waals surface area contributed by atoms with Crippen molar-refractivity contribution in [2.24, 2.45) is 5.41 Å². The van der Waals surface area contributed by atoms with Crippen LogP contribution in [0.2, 0.25) is 0 Å². The number of amides is 1. The van der Waals surface area contributed by atoms with E-state index < -0.39 is 30.1 Å². The van der Waals surface area contributed by atoms with E-state index in [1.807, 2.05) is 36.9 Å². The highest BCUT2D eigenvalue weighted by Crippen LogP contribution is 2.47. The van der Waals surface area contributed by atoms with Crippen molar-refractivity contribution in [2.45, 2.75) is 45.0 Å². The van der Waals surface area contributed by atoms with Crippen LogP contribution in [0, 0.1) is 12.3 Å². The highest BCUT2D eigenvalue weighted by molar-refractivity contribution is 5.81. The number of ether oxygens (including phenoxy) is 2. The summed E-state index contributed by atoms with van der Waals surface area (Å²) in [6.07, 6.45) is 1.33. The van der Waals surface area contributed by atoms with E-state index in [0.717, 1.165) is 11.1 Å². The maximum absolute atomic E-state index is 12.6. The Balaban J connectivity index is 1.52. The Bertz CT molecular complexity index is 1040. The molecule has 2 aromatic rings. The molecule has 3 N–H and O–H groups in total. The largest absolute Gasteiger partial charge is 0.493 e. The Labute approximate surface area is 205 Å². The molecule has 1 amide bonds. The lowest BCUT2D eigenvalue weighted by molar-refractivity contribution is -0.141. The van der Waals surface area contributed by atoms with E-state index in [0.29, 0.717) is 37.1 Å².